The zero-order chi connectivity index (χ0) is 13.8. The zero-order valence-electron chi connectivity index (χ0n) is 10.8. The van der Waals surface area contributed by atoms with Gasteiger partial charge < -0.3 is 20.3 Å². The number of carbonyl (C=O) groups is 2. The zero-order valence-corrected chi connectivity index (χ0v) is 10.8. The van der Waals surface area contributed by atoms with Crippen molar-refractivity contribution >= 4 is 11.9 Å². The summed E-state index contributed by atoms with van der Waals surface area (Å²) >= 11 is 0. The van der Waals surface area contributed by atoms with Gasteiger partial charge in [0, 0.05) is 12.1 Å². The maximum absolute atomic E-state index is 12.0. The summed E-state index contributed by atoms with van der Waals surface area (Å²) in [6.07, 6.45) is 0.346. The van der Waals surface area contributed by atoms with E-state index in [4.69, 9.17) is 14.9 Å². The van der Waals surface area contributed by atoms with E-state index in [-0.39, 0.29) is 12.5 Å². The van der Waals surface area contributed by atoms with Crippen LogP contribution in [-0.2, 0) is 14.3 Å². The molecule has 1 aliphatic rings. The summed E-state index contributed by atoms with van der Waals surface area (Å²) in [5.74, 6) is -1.32. The van der Waals surface area contributed by atoms with E-state index < -0.39 is 23.7 Å². The molecule has 1 heterocycles. The minimum atomic E-state index is -1.03. The average molecular weight is 259 g/mol. The topological polar surface area (TPSA) is 95.9 Å². The van der Waals surface area contributed by atoms with Gasteiger partial charge in [0.2, 0.25) is 5.91 Å². The second-order valence-electron chi connectivity index (χ2n) is 4.91. The number of aliphatic hydroxyl groups is 1. The third-order valence-electron chi connectivity index (χ3n) is 3.46. The standard InChI is InChI=1S/C12H21NO5/c1-3-12(2,6-7-14)13-10(15)8-4-5-9(18-8)11(16)17/h8-9,14H,3-7H2,1-2H3,(H,13,15)(H,16,17). The van der Waals surface area contributed by atoms with Crippen LogP contribution in [0.25, 0.3) is 0 Å². The van der Waals surface area contributed by atoms with Gasteiger partial charge in [-0.3, -0.25) is 4.79 Å². The Morgan fingerprint density at radius 2 is 2.00 bits per heavy atom. The van der Waals surface area contributed by atoms with Crippen molar-refractivity contribution in [2.45, 2.75) is 57.3 Å². The van der Waals surface area contributed by atoms with Gasteiger partial charge in [0.25, 0.3) is 0 Å². The molecule has 0 aromatic heterocycles. The van der Waals surface area contributed by atoms with Crippen molar-refractivity contribution in [3.8, 4) is 0 Å². The van der Waals surface area contributed by atoms with E-state index in [0.29, 0.717) is 25.7 Å². The van der Waals surface area contributed by atoms with E-state index in [1.807, 2.05) is 13.8 Å². The first-order valence-electron chi connectivity index (χ1n) is 6.23. The van der Waals surface area contributed by atoms with Crippen molar-refractivity contribution in [1.82, 2.24) is 5.32 Å². The third-order valence-corrected chi connectivity index (χ3v) is 3.46. The first-order valence-corrected chi connectivity index (χ1v) is 6.23. The number of carbonyl (C=O) groups excluding carboxylic acids is 1. The SMILES string of the molecule is CCC(C)(CCO)NC(=O)C1CCC(C(=O)O)O1. The summed E-state index contributed by atoms with van der Waals surface area (Å²) in [6.45, 7) is 3.77. The van der Waals surface area contributed by atoms with Crippen LogP contribution in [0, 0.1) is 0 Å². The lowest BCUT2D eigenvalue weighted by Gasteiger charge is -2.30. The molecule has 1 amide bonds. The van der Waals surface area contributed by atoms with E-state index in [1.54, 1.807) is 0 Å². The minimum Gasteiger partial charge on any atom is -0.479 e. The Morgan fingerprint density at radius 1 is 1.39 bits per heavy atom. The first kappa shape index (κ1) is 14.9. The predicted molar refractivity (Wildman–Crippen MR) is 64.1 cm³/mol. The van der Waals surface area contributed by atoms with E-state index in [9.17, 15) is 9.59 Å². The fourth-order valence-electron chi connectivity index (χ4n) is 1.96. The van der Waals surface area contributed by atoms with Crippen molar-refractivity contribution in [3.05, 3.63) is 0 Å². The second-order valence-corrected chi connectivity index (χ2v) is 4.91. The highest BCUT2D eigenvalue weighted by Crippen LogP contribution is 2.22. The van der Waals surface area contributed by atoms with Crippen molar-refractivity contribution in [2.24, 2.45) is 0 Å². The number of carboxylic acid groups (broad SMARTS) is 1. The van der Waals surface area contributed by atoms with Crippen LogP contribution in [-0.4, -0.2) is 46.4 Å². The number of aliphatic carboxylic acids is 1. The molecular formula is C12H21NO5. The number of hydrogen-bond acceptors (Lipinski definition) is 4. The van der Waals surface area contributed by atoms with E-state index >= 15 is 0 Å². The fraction of sp³-hybridized carbons (Fsp3) is 0.833. The largest absolute Gasteiger partial charge is 0.479 e. The fourth-order valence-corrected chi connectivity index (χ4v) is 1.96. The Hall–Kier alpha value is -1.14. The number of carboxylic acids is 1. The lowest BCUT2D eigenvalue weighted by molar-refractivity contribution is -0.152. The normalized spacial score (nSPS) is 26.6. The quantitative estimate of drug-likeness (QED) is 0.637. The van der Waals surface area contributed by atoms with E-state index in [0.717, 1.165) is 0 Å². The Labute approximate surface area is 106 Å². The smallest absolute Gasteiger partial charge is 0.332 e. The van der Waals surface area contributed by atoms with E-state index in [2.05, 4.69) is 5.32 Å². The van der Waals surface area contributed by atoms with Crippen LogP contribution in [0.15, 0.2) is 0 Å². The predicted octanol–water partition coefficient (Wildman–Crippen LogP) is 0.286. The summed E-state index contributed by atoms with van der Waals surface area (Å²) in [5, 5.41) is 20.6. The van der Waals surface area contributed by atoms with Crippen LogP contribution in [0.5, 0.6) is 0 Å². The second kappa shape index (κ2) is 6.15. The molecule has 1 aliphatic heterocycles. The van der Waals surface area contributed by atoms with Gasteiger partial charge >= 0.3 is 5.97 Å². The average Bonchev–Trinajstić information content (AvgIpc) is 2.78. The molecule has 6 nitrogen and oxygen atoms in total. The molecule has 0 bridgehead atoms. The van der Waals surface area contributed by atoms with Gasteiger partial charge in [-0.25, -0.2) is 4.79 Å². The molecular weight excluding hydrogens is 238 g/mol. The lowest BCUT2D eigenvalue weighted by Crippen LogP contribution is -2.50. The monoisotopic (exact) mass is 259 g/mol. The molecule has 0 spiro atoms. The van der Waals surface area contributed by atoms with Crippen molar-refractivity contribution in [2.75, 3.05) is 6.61 Å². The van der Waals surface area contributed by atoms with Crippen molar-refractivity contribution in [1.29, 1.82) is 0 Å². The summed E-state index contributed by atoms with van der Waals surface area (Å²) in [6, 6.07) is 0. The van der Waals surface area contributed by atoms with Crippen LogP contribution in [0.1, 0.15) is 39.5 Å². The van der Waals surface area contributed by atoms with Gasteiger partial charge in [0.1, 0.15) is 6.10 Å². The van der Waals surface area contributed by atoms with Gasteiger partial charge in [-0.15, -0.1) is 0 Å². The Bertz CT molecular complexity index is 320. The third kappa shape index (κ3) is 3.68. The minimum absolute atomic E-state index is 0.00606. The number of ether oxygens (including phenoxy) is 1. The molecule has 104 valence electrons. The Balaban J connectivity index is 2.53. The van der Waals surface area contributed by atoms with Crippen LogP contribution < -0.4 is 5.32 Å². The number of nitrogens with one attached hydrogen (secondary N) is 1. The lowest BCUT2D eigenvalue weighted by atomic mass is 9.94. The van der Waals surface area contributed by atoms with Crippen molar-refractivity contribution in [3.63, 3.8) is 0 Å². The van der Waals surface area contributed by atoms with Gasteiger partial charge in [-0.1, -0.05) is 6.92 Å². The number of rotatable bonds is 6. The molecule has 0 aromatic rings. The molecule has 3 atom stereocenters. The summed E-state index contributed by atoms with van der Waals surface area (Å²) in [5.41, 5.74) is -0.476. The Kier molecular flexibility index (Phi) is 5.10. The molecule has 0 aromatic carbocycles. The first-order chi connectivity index (χ1) is 8.41. The van der Waals surface area contributed by atoms with Gasteiger partial charge in [-0.2, -0.15) is 0 Å². The molecule has 0 radical (unpaired) electrons. The van der Waals surface area contributed by atoms with E-state index in [1.165, 1.54) is 0 Å². The summed E-state index contributed by atoms with van der Waals surface area (Å²) in [7, 11) is 0. The highest BCUT2D eigenvalue weighted by atomic mass is 16.5. The molecule has 1 rings (SSSR count). The number of aliphatic hydroxyl groups excluding tert-OH is 1. The van der Waals surface area contributed by atoms with Crippen LogP contribution >= 0.6 is 0 Å². The number of hydrogen-bond donors (Lipinski definition) is 3. The van der Waals surface area contributed by atoms with Gasteiger partial charge in [-0.05, 0) is 32.6 Å². The van der Waals surface area contributed by atoms with Gasteiger partial charge in [0.15, 0.2) is 6.10 Å². The van der Waals surface area contributed by atoms with Crippen LogP contribution in [0.4, 0.5) is 0 Å². The Morgan fingerprint density at radius 3 is 2.44 bits per heavy atom. The molecule has 0 aliphatic carbocycles. The molecule has 0 saturated carbocycles. The highest BCUT2D eigenvalue weighted by molar-refractivity contribution is 5.83. The molecule has 6 heteroatoms. The maximum atomic E-state index is 12.0. The summed E-state index contributed by atoms with van der Waals surface area (Å²) in [4.78, 5) is 22.7. The molecule has 3 unspecified atom stereocenters. The number of amides is 1. The molecule has 3 N–H and O–H groups in total. The van der Waals surface area contributed by atoms with Crippen LogP contribution in [0.2, 0.25) is 0 Å². The summed E-state index contributed by atoms with van der Waals surface area (Å²) < 4.78 is 5.18. The maximum Gasteiger partial charge on any atom is 0.332 e. The van der Waals surface area contributed by atoms with Crippen LogP contribution in [0.3, 0.4) is 0 Å². The highest BCUT2D eigenvalue weighted by Gasteiger charge is 2.36. The van der Waals surface area contributed by atoms with Crippen molar-refractivity contribution < 1.29 is 24.5 Å². The molecule has 1 saturated heterocycles. The molecule has 18 heavy (non-hydrogen) atoms. The molecule has 1 fully saturated rings. The van der Waals surface area contributed by atoms with Gasteiger partial charge in [0.05, 0.1) is 0 Å².